The lowest BCUT2D eigenvalue weighted by Gasteiger charge is -2.33. The van der Waals surface area contributed by atoms with Crippen LogP contribution in [0.25, 0.3) is 0 Å². The van der Waals surface area contributed by atoms with E-state index in [4.69, 9.17) is 17.3 Å². The van der Waals surface area contributed by atoms with Crippen molar-refractivity contribution in [3.63, 3.8) is 0 Å². The summed E-state index contributed by atoms with van der Waals surface area (Å²) in [5.41, 5.74) is 10.9. The second-order valence-electron chi connectivity index (χ2n) is 6.53. The molecular weight excluding hydrogens is 304 g/mol. The van der Waals surface area contributed by atoms with Gasteiger partial charge >= 0.3 is 0 Å². The molecule has 23 heavy (non-hydrogen) atoms. The maximum Gasteiger partial charge on any atom is 0.0408 e. The summed E-state index contributed by atoms with van der Waals surface area (Å²) in [6.45, 7) is 6.67. The zero-order chi connectivity index (χ0) is 16.2. The van der Waals surface area contributed by atoms with Gasteiger partial charge in [-0.25, -0.2) is 0 Å². The fourth-order valence-electron chi connectivity index (χ4n) is 3.98. The molecule has 0 spiro atoms. The Kier molecular flexibility index (Phi) is 5.24. The molecule has 2 aliphatic rings. The molecule has 0 saturated carbocycles. The number of hydrogen-bond acceptors (Lipinski definition) is 2. The molecule has 2 unspecified atom stereocenters. The highest BCUT2D eigenvalue weighted by molar-refractivity contribution is 6.30. The van der Waals surface area contributed by atoms with Gasteiger partial charge in [-0.2, -0.15) is 0 Å². The summed E-state index contributed by atoms with van der Waals surface area (Å²) < 4.78 is 0. The van der Waals surface area contributed by atoms with Gasteiger partial charge in [0.25, 0.3) is 0 Å². The number of nitrogens with two attached hydrogens (primary N) is 1. The number of rotatable bonds is 2. The fourth-order valence-corrected chi connectivity index (χ4v) is 4.17. The van der Waals surface area contributed by atoms with Crippen LogP contribution in [0.5, 0.6) is 0 Å². The summed E-state index contributed by atoms with van der Waals surface area (Å²) >= 11 is 6.24. The largest absolute Gasteiger partial charge is 0.405 e. The van der Waals surface area contributed by atoms with Gasteiger partial charge in [-0.1, -0.05) is 30.3 Å². The van der Waals surface area contributed by atoms with Crippen LogP contribution in [0.4, 0.5) is 0 Å². The molecular formula is C20H25ClN2. The highest BCUT2D eigenvalue weighted by atomic mass is 35.5. The van der Waals surface area contributed by atoms with E-state index in [1.54, 1.807) is 6.20 Å². The summed E-state index contributed by atoms with van der Waals surface area (Å²) in [6.07, 6.45) is 10.1. The maximum absolute atomic E-state index is 6.24. The Hall–Kier alpha value is -1.51. The number of allylic oxidation sites excluding steroid dienone is 4. The van der Waals surface area contributed by atoms with Gasteiger partial charge in [0.15, 0.2) is 0 Å². The van der Waals surface area contributed by atoms with Crippen LogP contribution in [0.2, 0.25) is 5.02 Å². The van der Waals surface area contributed by atoms with E-state index >= 15 is 0 Å². The van der Waals surface area contributed by atoms with Crippen molar-refractivity contribution in [1.82, 2.24) is 5.32 Å². The van der Waals surface area contributed by atoms with Crippen molar-refractivity contribution in [2.45, 2.75) is 31.6 Å². The highest BCUT2D eigenvalue weighted by Crippen LogP contribution is 2.43. The van der Waals surface area contributed by atoms with Crippen LogP contribution in [0, 0.1) is 5.92 Å². The van der Waals surface area contributed by atoms with Crippen LogP contribution in [-0.4, -0.2) is 13.1 Å². The normalized spacial score (nSPS) is 27.2. The van der Waals surface area contributed by atoms with E-state index in [1.807, 2.05) is 12.1 Å². The first-order chi connectivity index (χ1) is 11.2. The molecule has 1 aliphatic carbocycles. The van der Waals surface area contributed by atoms with Crippen LogP contribution in [0.15, 0.2) is 54.3 Å². The third-order valence-electron chi connectivity index (χ3n) is 5.11. The van der Waals surface area contributed by atoms with E-state index in [1.165, 1.54) is 35.1 Å². The SMILES string of the molecule is C=C1/C(=C\C=C/N)CCc2cc(Cl)ccc2C1C1CCCNC1. The molecule has 2 atom stereocenters. The van der Waals surface area contributed by atoms with Crippen molar-refractivity contribution in [1.29, 1.82) is 0 Å². The average molecular weight is 329 g/mol. The molecule has 1 heterocycles. The Labute approximate surface area is 144 Å². The minimum Gasteiger partial charge on any atom is -0.405 e. The highest BCUT2D eigenvalue weighted by Gasteiger charge is 2.31. The van der Waals surface area contributed by atoms with Gasteiger partial charge in [-0.15, -0.1) is 0 Å². The molecule has 3 rings (SSSR count). The Balaban J connectivity index is 2.04. The first kappa shape index (κ1) is 16.4. The van der Waals surface area contributed by atoms with E-state index in [9.17, 15) is 0 Å². The van der Waals surface area contributed by atoms with E-state index < -0.39 is 0 Å². The van der Waals surface area contributed by atoms with Crippen molar-refractivity contribution in [2.75, 3.05) is 13.1 Å². The van der Waals surface area contributed by atoms with Crippen LogP contribution in [-0.2, 0) is 6.42 Å². The molecule has 2 nitrogen and oxygen atoms in total. The lowest BCUT2D eigenvalue weighted by Crippen LogP contribution is -2.34. The molecule has 0 aromatic heterocycles. The van der Waals surface area contributed by atoms with E-state index in [0.717, 1.165) is 31.0 Å². The van der Waals surface area contributed by atoms with Gasteiger partial charge in [0.2, 0.25) is 0 Å². The number of aryl methyl sites for hydroxylation is 1. The van der Waals surface area contributed by atoms with E-state index in [0.29, 0.717) is 11.8 Å². The minimum atomic E-state index is 0.370. The molecule has 3 N–H and O–H groups in total. The molecule has 1 aromatic carbocycles. The predicted octanol–water partition coefficient (Wildman–Crippen LogP) is 4.32. The molecule has 1 saturated heterocycles. The molecule has 1 fully saturated rings. The molecule has 122 valence electrons. The zero-order valence-corrected chi connectivity index (χ0v) is 14.3. The van der Waals surface area contributed by atoms with Gasteiger partial charge in [0.1, 0.15) is 0 Å². The number of benzene rings is 1. The molecule has 1 aliphatic heterocycles. The first-order valence-corrected chi connectivity index (χ1v) is 8.84. The number of hydrogen-bond donors (Lipinski definition) is 2. The fraction of sp³-hybridized carbons (Fsp3) is 0.400. The van der Waals surface area contributed by atoms with Crippen molar-refractivity contribution in [2.24, 2.45) is 11.7 Å². The quantitative estimate of drug-likeness (QED) is 0.793. The van der Waals surface area contributed by atoms with Gasteiger partial charge in [0.05, 0.1) is 0 Å². The standard InChI is InChI=1S/C20H25ClN2/c1-14-15(4-2-10-22)6-7-16-12-18(21)8-9-19(16)20(14)17-5-3-11-23-13-17/h2,4,8-10,12,17,20,23H,1,3,5-7,11,13,22H2/b10-2-,15-4-. The summed E-state index contributed by atoms with van der Waals surface area (Å²) in [5, 5.41) is 4.38. The van der Waals surface area contributed by atoms with Crippen molar-refractivity contribution < 1.29 is 0 Å². The predicted molar refractivity (Wildman–Crippen MR) is 98.7 cm³/mol. The Morgan fingerprint density at radius 2 is 2.17 bits per heavy atom. The Morgan fingerprint density at radius 3 is 2.91 bits per heavy atom. The van der Waals surface area contributed by atoms with Crippen LogP contribution >= 0.6 is 11.6 Å². The molecule has 0 radical (unpaired) electrons. The minimum absolute atomic E-state index is 0.370. The molecule has 0 amide bonds. The monoisotopic (exact) mass is 328 g/mol. The molecule has 1 aromatic rings. The lowest BCUT2D eigenvalue weighted by molar-refractivity contribution is 0.345. The maximum atomic E-state index is 6.24. The number of nitrogens with one attached hydrogen (secondary N) is 1. The van der Waals surface area contributed by atoms with Crippen molar-refractivity contribution in [3.8, 4) is 0 Å². The third kappa shape index (κ3) is 3.54. The Bertz CT molecular complexity index is 639. The topological polar surface area (TPSA) is 38.0 Å². The molecule has 3 heteroatoms. The Morgan fingerprint density at radius 1 is 1.30 bits per heavy atom. The first-order valence-electron chi connectivity index (χ1n) is 8.46. The third-order valence-corrected chi connectivity index (χ3v) is 5.34. The van der Waals surface area contributed by atoms with Gasteiger partial charge < -0.3 is 11.1 Å². The summed E-state index contributed by atoms with van der Waals surface area (Å²) in [7, 11) is 0. The van der Waals surface area contributed by atoms with Gasteiger partial charge in [-0.05, 0) is 91.4 Å². The second kappa shape index (κ2) is 7.37. The van der Waals surface area contributed by atoms with Gasteiger partial charge in [0, 0.05) is 10.9 Å². The summed E-state index contributed by atoms with van der Waals surface area (Å²) in [6, 6.07) is 6.37. The van der Waals surface area contributed by atoms with Crippen LogP contribution < -0.4 is 11.1 Å². The number of piperidine rings is 1. The van der Waals surface area contributed by atoms with Gasteiger partial charge in [-0.3, -0.25) is 0 Å². The van der Waals surface area contributed by atoms with Crippen molar-refractivity contribution >= 4 is 11.6 Å². The zero-order valence-electron chi connectivity index (χ0n) is 13.5. The van der Waals surface area contributed by atoms with Crippen LogP contribution in [0.1, 0.15) is 36.3 Å². The summed E-state index contributed by atoms with van der Waals surface area (Å²) in [4.78, 5) is 0. The lowest BCUT2D eigenvalue weighted by atomic mass is 9.75. The number of fused-ring (bicyclic) bond motifs is 1. The van der Waals surface area contributed by atoms with Crippen molar-refractivity contribution in [3.05, 3.63) is 70.4 Å². The van der Waals surface area contributed by atoms with Crippen LogP contribution in [0.3, 0.4) is 0 Å². The smallest absolute Gasteiger partial charge is 0.0408 e. The second-order valence-corrected chi connectivity index (χ2v) is 6.97. The average Bonchev–Trinajstić information content (AvgIpc) is 2.70. The number of halogens is 1. The van der Waals surface area contributed by atoms with E-state index in [2.05, 4.69) is 30.1 Å². The van der Waals surface area contributed by atoms with E-state index in [-0.39, 0.29) is 0 Å². The summed E-state index contributed by atoms with van der Waals surface area (Å²) in [5.74, 6) is 0.967. The molecule has 0 bridgehead atoms.